The van der Waals surface area contributed by atoms with Gasteiger partial charge in [-0.3, -0.25) is 0 Å². The van der Waals surface area contributed by atoms with Crippen LogP contribution in [0.15, 0.2) is 114 Å². The summed E-state index contributed by atoms with van der Waals surface area (Å²) in [6, 6.07) is 41.9. The zero-order valence-corrected chi connectivity index (χ0v) is 33.7. The van der Waals surface area contributed by atoms with Crippen molar-refractivity contribution in [3.63, 3.8) is 0 Å². The minimum atomic E-state index is -0.173. The third kappa shape index (κ3) is 4.29. The monoisotopic (exact) mass is 716 g/mol. The summed E-state index contributed by atoms with van der Waals surface area (Å²) in [5.41, 5.74) is 20.6. The number of rotatable bonds is 1. The average Bonchev–Trinajstić information content (AvgIpc) is 3.55. The van der Waals surface area contributed by atoms with Gasteiger partial charge in [0.2, 0.25) is 0 Å². The van der Waals surface area contributed by atoms with Crippen molar-refractivity contribution in [3.05, 3.63) is 137 Å². The molecule has 4 aliphatic rings. The van der Waals surface area contributed by atoms with Crippen LogP contribution in [0.2, 0.25) is 0 Å². The highest BCUT2D eigenvalue weighted by atomic mass is 16.3. The Morgan fingerprint density at radius 1 is 0.600 bits per heavy atom. The molecule has 7 aromatic rings. The molecule has 3 aliphatic heterocycles. The molecule has 0 amide bonds. The Labute approximate surface area is 326 Å². The van der Waals surface area contributed by atoms with E-state index < -0.39 is 0 Å². The first-order valence-corrected chi connectivity index (χ1v) is 20.3. The van der Waals surface area contributed by atoms with E-state index in [2.05, 4.69) is 181 Å². The Balaban J connectivity index is 1.33. The van der Waals surface area contributed by atoms with Crippen molar-refractivity contribution in [1.29, 1.82) is 0 Å². The second-order valence-corrected chi connectivity index (χ2v) is 19.6. The molecule has 6 aromatic carbocycles. The molecule has 0 saturated heterocycles. The van der Waals surface area contributed by atoms with Crippen LogP contribution in [0.1, 0.15) is 103 Å². The Kier molecular flexibility index (Phi) is 6.36. The molecule has 4 heterocycles. The SMILES string of the molecule is CC(C)(C)c1cc2c3c(c1)N1c4ccccc4C(C)(C)c4cccc(c41)B3N(c1ccc3c(c1)C(C)(C)CCC3(C)C)c1c-2ccc2oc3ccccc3c12. The summed E-state index contributed by atoms with van der Waals surface area (Å²) in [7, 11) is 0. The van der Waals surface area contributed by atoms with Gasteiger partial charge in [-0.2, -0.15) is 0 Å². The van der Waals surface area contributed by atoms with Crippen molar-refractivity contribution in [3.8, 4) is 11.1 Å². The van der Waals surface area contributed by atoms with Gasteiger partial charge >= 0.3 is 6.85 Å². The van der Waals surface area contributed by atoms with Gasteiger partial charge in [0.15, 0.2) is 0 Å². The lowest BCUT2D eigenvalue weighted by atomic mass is 9.42. The second-order valence-electron chi connectivity index (χ2n) is 19.6. The van der Waals surface area contributed by atoms with E-state index in [0.717, 1.165) is 16.6 Å². The predicted octanol–water partition coefficient (Wildman–Crippen LogP) is 12.6. The topological polar surface area (TPSA) is 19.6 Å². The third-order valence-corrected chi connectivity index (χ3v) is 14.0. The average molecular weight is 717 g/mol. The van der Waals surface area contributed by atoms with E-state index in [0.29, 0.717) is 0 Å². The molecule has 272 valence electrons. The number of para-hydroxylation sites is 3. The van der Waals surface area contributed by atoms with E-state index in [1.165, 1.54) is 96.5 Å². The molecule has 1 aliphatic carbocycles. The molecule has 0 unspecified atom stereocenters. The predicted molar refractivity (Wildman–Crippen MR) is 234 cm³/mol. The first-order valence-electron chi connectivity index (χ1n) is 20.3. The van der Waals surface area contributed by atoms with Crippen LogP contribution >= 0.6 is 0 Å². The van der Waals surface area contributed by atoms with Crippen molar-refractivity contribution in [2.24, 2.45) is 0 Å². The van der Waals surface area contributed by atoms with E-state index in [4.69, 9.17) is 4.42 Å². The number of benzene rings is 6. The molecule has 1 aromatic heterocycles. The molecular weight excluding hydrogens is 667 g/mol. The molecule has 0 saturated carbocycles. The molecule has 11 rings (SSSR count). The first-order chi connectivity index (χ1) is 26.2. The van der Waals surface area contributed by atoms with E-state index in [9.17, 15) is 0 Å². The minimum Gasteiger partial charge on any atom is -0.456 e. The largest absolute Gasteiger partial charge is 0.456 e. The van der Waals surface area contributed by atoms with E-state index in [1.807, 2.05) is 0 Å². The van der Waals surface area contributed by atoms with Crippen molar-refractivity contribution in [1.82, 2.24) is 0 Å². The fourth-order valence-electron chi connectivity index (χ4n) is 10.8. The Hall–Kier alpha value is -5.22. The van der Waals surface area contributed by atoms with Gasteiger partial charge in [0.25, 0.3) is 0 Å². The molecule has 0 N–H and O–H groups in total. The maximum absolute atomic E-state index is 6.69. The highest BCUT2D eigenvalue weighted by Gasteiger charge is 2.50. The van der Waals surface area contributed by atoms with Crippen LogP contribution in [0.5, 0.6) is 0 Å². The van der Waals surface area contributed by atoms with E-state index >= 15 is 0 Å². The molecule has 55 heavy (non-hydrogen) atoms. The van der Waals surface area contributed by atoms with Crippen LogP contribution in [0.4, 0.5) is 28.4 Å². The zero-order valence-electron chi connectivity index (χ0n) is 33.7. The Morgan fingerprint density at radius 2 is 1.33 bits per heavy atom. The van der Waals surface area contributed by atoms with Gasteiger partial charge in [-0.15, -0.1) is 0 Å². The van der Waals surface area contributed by atoms with Crippen LogP contribution in [-0.4, -0.2) is 6.85 Å². The quantitative estimate of drug-likeness (QED) is 0.158. The molecule has 0 fully saturated rings. The van der Waals surface area contributed by atoms with Crippen LogP contribution in [0.25, 0.3) is 33.1 Å². The normalized spacial score (nSPS) is 18.1. The van der Waals surface area contributed by atoms with E-state index in [-0.39, 0.29) is 28.5 Å². The first kappa shape index (κ1) is 33.2. The van der Waals surface area contributed by atoms with Gasteiger partial charge in [-0.05, 0) is 116 Å². The molecule has 0 bridgehead atoms. The van der Waals surface area contributed by atoms with Crippen LogP contribution in [0, 0.1) is 0 Å². The lowest BCUT2D eigenvalue weighted by Crippen LogP contribution is -2.62. The highest BCUT2D eigenvalue weighted by Crippen LogP contribution is 2.57. The maximum Gasteiger partial charge on any atom is 0.333 e. The van der Waals surface area contributed by atoms with Crippen LogP contribution < -0.4 is 20.6 Å². The molecule has 0 radical (unpaired) electrons. The minimum absolute atomic E-state index is 0.0594. The highest BCUT2D eigenvalue weighted by molar-refractivity contribution is 6.94. The lowest BCUT2D eigenvalue weighted by Gasteiger charge is -2.51. The summed E-state index contributed by atoms with van der Waals surface area (Å²) in [4.78, 5) is 5.35. The van der Waals surface area contributed by atoms with E-state index in [1.54, 1.807) is 0 Å². The molecular formula is C51H49BN2O. The number of anilines is 5. The number of hydrogen-bond acceptors (Lipinski definition) is 3. The van der Waals surface area contributed by atoms with Crippen molar-refractivity contribution in [2.75, 3.05) is 9.71 Å². The second kappa shape index (κ2) is 10.5. The standard InChI is InChI=1S/C51H49BN2O/c1-48(2,3)30-27-34-32-22-24-43-44(33-15-10-13-20-42(33)55-43)46(32)54(31-21-23-35-38(29-31)50(6,7)26-25-49(35,4)5)52-39-18-14-17-37-47(39)53(41(28-30)45(34)52)40-19-12-11-16-36(40)51(37,8)9/h10-24,27-29H,25-26H2,1-9H3. The Bertz CT molecular complexity index is 2810. The van der Waals surface area contributed by atoms with Gasteiger partial charge in [0.1, 0.15) is 11.2 Å². The summed E-state index contributed by atoms with van der Waals surface area (Å²) in [5.74, 6) is 0. The van der Waals surface area contributed by atoms with Crippen molar-refractivity contribution < 1.29 is 4.42 Å². The van der Waals surface area contributed by atoms with Crippen molar-refractivity contribution >= 4 is 68.1 Å². The van der Waals surface area contributed by atoms with Crippen LogP contribution in [0.3, 0.4) is 0 Å². The van der Waals surface area contributed by atoms with Crippen LogP contribution in [-0.2, 0) is 21.7 Å². The number of hydrogen-bond donors (Lipinski definition) is 0. The van der Waals surface area contributed by atoms with Gasteiger partial charge < -0.3 is 14.1 Å². The summed E-state index contributed by atoms with van der Waals surface area (Å²) >= 11 is 0. The molecule has 3 nitrogen and oxygen atoms in total. The van der Waals surface area contributed by atoms with Gasteiger partial charge in [-0.1, -0.05) is 129 Å². The summed E-state index contributed by atoms with van der Waals surface area (Å²) in [6.45, 7) is 21.6. The summed E-state index contributed by atoms with van der Waals surface area (Å²) < 4.78 is 6.69. The lowest BCUT2D eigenvalue weighted by molar-refractivity contribution is 0.332. The Morgan fingerprint density at radius 3 is 2.13 bits per heavy atom. The fraction of sp³-hybridized carbons (Fsp3) is 0.294. The third-order valence-electron chi connectivity index (χ3n) is 14.0. The van der Waals surface area contributed by atoms with Gasteiger partial charge in [-0.25, -0.2) is 0 Å². The smallest absolute Gasteiger partial charge is 0.333 e. The number of fused-ring (bicyclic) bond motifs is 11. The zero-order chi connectivity index (χ0) is 38.0. The summed E-state index contributed by atoms with van der Waals surface area (Å²) in [6.07, 6.45) is 2.37. The number of furan rings is 1. The van der Waals surface area contributed by atoms with Crippen molar-refractivity contribution in [2.45, 2.75) is 96.8 Å². The van der Waals surface area contributed by atoms with Gasteiger partial charge in [0.05, 0.1) is 11.1 Å². The summed E-state index contributed by atoms with van der Waals surface area (Å²) in [5, 5.41) is 2.36. The maximum atomic E-state index is 6.69. The molecule has 0 spiro atoms. The molecule has 4 heteroatoms. The van der Waals surface area contributed by atoms with Gasteiger partial charge in [0, 0.05) is 39.1 Å². The molecule has 0 atom stereocenters. The fourth-order valence-corrected chi connectivity index (χ4v) is 10.8. The number of nitrogens with zero attached hydrogens (tertiary/aromatic N) is 2.